The summed E-state index contributed by atoms with van der Waals surface area (Å²) in [4.78, 5) is 12.0. The Morgan fingerprint density at radius 2 is 1.86 bits per heavy atom. The monoisotopic (exact) mass is 302 g/mol. The van der Waals surface area contributed by atoms with Crippen molar-refractivity contribution in [2.24, 2.45) is 5.73 Å². The zero-order valence-corrected chi connectivity index (χ0v) is 13.2. The standard InChI is InChI=1S/C17H19ClN2O/c1-11-7-8-13(9-12(11)2)17(3,16(19)21)20-15-6-4-5-14(18)10-15/h4-10,20H,1-3H3,(H2,19,21). The maximum Gasteiger partial charge on any atom is 0.247 e. The van der Waals surface area contributed by atoms with Crippen molar-refractivity contribution in [1.82, 2.24) is 0 Å². The van der Waals surface area contributed by atoms with Crippen molar-refractivity contribution >= 4 is 23.2 Å². The lowest BCUT2D eigenvalue weighted by molar-refractivity contribution is -0.122. The van der Waals surface area contributed by atoms with E-state index in [9.17, 15) is 4.79 Å². The van der Waals surface area contributed by atoms with Gasteiger partial charge in [0.15, 0.2) is 0 Å². The summed E-state index contributed by atoms with van der Waals surface area (Å²) in [6, 6.07) is 13.1. The fourth-order valence-corrected chi connectivity index (χ4v) is 2.37. The highest BCUT2D eigenvalue weighted by atomic mass is 35.5. The van der Waals surface area contributed by atoms with Crippen LogP contribution in [-0.4, -0.2) is 5.91 Å². The average molecular weight is 303 g/mol. The minimum Gasteiger partial charge on any atom is -0.368 e. The average Bonchev–Trinajstić information content (AvgIpc) is 2.41. The van der Waals surface area contributed by atoms with Gasteiger partial charge in [-0.25, -0.2) is 0 Å². The van der Waals surface area contributed by atoms with E-state index in [0.717, 1.165) is 16.8 Å². The molecule has 0 heterocycles. The summed E-state index contributed by atoms with van der Waals surface area (Å²) in [6.45, 7) is 5.82. The van der Waals surface area contributed by atoms with Crippen LogP contribution in [0.3, 0.4) is 0 Å². The van der Waals surface area contributed by atoms with Gasteiger partial charge in [-0.1, -0.05) is 35.9 Å². The number of halogens is 1. The van der Waals surface area contributed by atoms with E-state index in [-0.39, 0.29) is 0 Å². The Hall–Kier alpha value is -2.00. The second kappa shape index (κ2) is 5.78. The summed E-state index contributed by atoms with van der Waals surface area (Å²) >= 11 is 5.99. The topological polar surface area (TPSA) is 55.1 Å². The zero-order chi connectivity index (χ0) is 15.6. The van der Waals surface area contributed by atoms with Crippen molar-refractivity contribution in [3.05, 3.63) is 64.2 Å². The zero-order valence-electron chi connectivity index (χ0n) is 12.4. The summed E-state index contributed by atoms with van der Waals surface area (Å²) < 4.78 is 0. The molecule has 1 atom stereocenters. The number of hydrogen-bond donors (Lipinski definition) is 2. The molecule has 2 aromatic carbocycles. The van der Waals surface area contributed by atoms with Crippen LogP contribution in [-0.2, 0) is 10.3 Å². The number of nitrogens with one attached hydrogen (secondary N) is 1. The molecule has 3 nitrogen and oxygen atoms in total. The number of anilines is 1. The minimum atomic E-state index is -0.997. The SMILES string of the molecule is Cc1ccc(C(C)(Nc2cccc(Cl)c2)C(N)=O)cc1C. The molecule has 0 radical (unpaired) electrons. The second-order valence-corrected chi connectivity index (χ2v) is 5.86. The maximum atomic E-state index is 12.0. The predicted molar refractivity (Wildman–Crippen MR) is 87.5 cm³/mol. The van der Waals surface area contributed by atoms with Crippen molar-refractivity contribution < 1.29 is 4.79 Å². The molecule has 0 aromatic heterocycles. The predicted octanol–water partition coefficient (Wildman–Crippen LogP) is 3.77. The van der Waals surface area contributed by atoms with Crippen LogP contribution in [0.15, 0.2) is 42.5 Å². The molecule has 0 aliphatic rings. The van der Waals surface area contributed by atoms with E-state index < -0.39 is 11.4 Å². The Morgan fingerprint density at radius 1 is 1.14 bits per heavy atom. The van der Waals surface area contributed by atoms with Crippen LogP contribution in [0.25, 0.3) is 0 Å². The quantitative estimate of drug-likeness (QED) is 0.903. The molecule has 0 saturated carbocycles. The smallest absolute Gasteiger partial charge is 0.247 e. The highest BCUT2D eigenvalue weighted by molar-refractivity contribution is 6.30. The van der Waals surface area contributed by atoms with Crippen LogP contribution in [0.5, 0.6) is 0 Å². The normalized spacial score (nSPS) is 13.5. The lowest BCUT2D eigenvalue weighted by atomic mass is 9.88. The number of primary amides is 1. The van der Waals surface area contributed by atoms with Gasteiger partial charge in [-0.05, 0) is 55.7 Å². The summed E-state index contributed by atoms with van der Waals surface area (Å²) in [5, 5.41) is 3.80. The summed E-state index contributed by atoms with van der Waals surface area (Å²) in [5.41, 5.74) is 8.52. The highest BCUT2D eigenvalue weighted by Crippen LogP contribution is 2.28. The first kappa shape index (κ1) is 15.4. The third-order valence-corrected chi connectivity index (χ3v) is 4.03. The Kier molecular flexibility index (Phi) is 4.24. The molecule has 0 aliphatic carbocycles. The van der Waals surface area contributed by atoms with Crippen molar-refractivity contribution in [2.45, 2.75) is 26.3 Å². The van der Waals surface area contributed by atoms with E-state index >= 15 is 0 Å². The van der Waals surface area contributed by atoms with Gasteiger partial charge in [0.05, 0.1) is 0 Å². The van der Waals surface area contributed by atoms with E-state index in [4.69, 9.17) is 17.3 Å². The van der Waals surface area contributed by atoms with Crippen LogP contribution in [0, 0.1) is 13.8 Å². The summed E-state index contributed by atoms with van der Waals surface area (Å²) in [6.07, 6.45) is 0. The third kappa shape index (κ3) is 3.19. The molecule has 2 rings (SSSR count). The number of amides is 1. The van der Waals surface area contributed by atoms with Gasteiger partial charge in [-0.2, -0.15) is 0 Å². The molecule has 1 unspecified atom stereocenters. The third-order valence-electron chi connectivity index (χ3n) is 3.80. The molecular weight excluding hydrogens is 284 g/mol. The Morgan fingerprint density at radius 3 is 2.43 bits per heavy atom. The van der Waals surface area contributed by atoms with Gasteiger partial charge in [0, 0.05) is 10.7 Å². The Balaban J connectivity index is 2.45. The maximum absolute atomic E-state index is 12.0. The van der Waals surface area contributed by atoms with Crippen LogP contribution < -0.4 is 11.1 Å². The van der Waals surface area contributed by atoms with Gasteiger partial charge in [0.2, 0.25) is 5.91 Å². The van der Waals surface area contributed by atoms with Crippen LogP contribution >= 0.6 is 11.6 Å². The fourth-order valence-electron chi connectivity index (χ4n) is 2.18. The molecule has 0 aliphatic heterocycles. The van der Waals surface area contributed by atoms with Crippen molar-refractivity contribution in [3.63, 3.8) is 0 Å². The molecule has 0 saturated heterocycles. The highest BCUT2D eigenvalue weighted by Gasteiger charge is 2.33. The first-order chi connectivity index (χ1) is 9.83. The van der Waals surface area contributed by atoms with E-state index in [1.54, 1.807) is 19.1 Å². The molecule has 2 aromatic rings. The lowest BCUT2D eigenvalue weighted by Gasteiger charge is -2.30. The van der Waals surface area contributed by atoms with E-state index in [0.29, 0.717) is 5.02 Å². The van der Waals surface area contributed by atoms with E-state index in [1.165, 1.54) is 5.56 Å². The molecule has 4 heteroatoms. The van der Waals surface area contributed by atoms with Gasteiger partial charge in [-0.3, -0.25) is 4.79 Å². The van der Waals surface area contributed by atoms with E-state index in [1.807, 2.05) is 44.2 Å². The van der Waals surface area contributed by atoms with Crippen LogP contribution in [0.1, 0.15) is 23.6 Å². The number of rotatable bonds is 4. The Labute approximate surface area is 130 Å². The number of benzene rings is 2. The second-order valence-electron chi connectivity index (χ2n) is 5.42. The van der Waals surface area contributed by atoms with E-state index in [2.05, 4.69) is 5.32 Å². The number of carbonyl (C=O) groups is 1. The molecular formula is C17H19ClN2O. The van der Waals surface area contributed by atoms with Crippen LogP contribution in [0.2, 0.25) is 5.02 Å². The first-order valence-electron chi connectivity index (χ1n) is 6.74. The largest absolute Gasteiger partial charge is 0.368 e. The van der Waals surface area contributed by atoms with Gasteiger partial charge < -0.3 is 11.1 Å². The van der Waals surface area contributed by atoms with Gasteiger partial charge >= 0.3 is 0 Å². The van der Waals surface area contributed by atoms with Gasteiger partial charge in [0.25, 0.3) is 0 Å². The molecule has 1 amide bonds. The lowest BCUT2D eigenvalue weighted by Crippen LogP contribution is -2.45. The number of aryl methyl sites for hydroxylation is 2. The minimum absolute atomic E-state index is 0.439. The fraction of sp³-hybridized carbons (Fsp3) is 0.235. The van der Waals surface area contributed by atoms with Crippen LogP contribution in [0.4, 0.5) is 5.69 Å². The number of carbonyl (C=O) groups excluding carboxylic acids is 1. The molecule has 0 bridgehead atoms. The summed E-state index contributed by atoms with van der Waals surface area (Å²) in [5.74, 6) is -0.439. The number of hydrogen-bond acceptors (Lipinski definition) is 2. The Bertz CT molecular complexity index is 684. The van der Waals surface area contributed by atoms with Crippen molar-refractivity contribution in [1.29, 1.82) is 0 Å². The molecule has 3 N–H and O–H groups in total. The summed E-state index contributed by atoms with van der Waals surface area (Å²) in [7, 11) is 0. The first-order valence-corrected chi connectivity index (χ1v) is 7.12. The van der Waals surface area contributed by atoms with Crippen molar-refractivity contribution in [3.8, 4) is 0 Å². The molecule has 0 spiro atoms. The molecule has 21 heavy (non-hydrogen) atoms. The molecule has 0 fully saturated rings. The van der Waals surface area contributed by atoms with Crippen molar-refractivity contribution in [2.75, 3.05) is 5.32 Å². The van der Waals surface area contributed by atoms with Gasteiger partial charge in [-0.15, -0.1) is 0 Å². The number of nitrogens with two attached hydrogens (primary N) is 1. The van der Waals surface area contributed by atoms with Gasteiger partial charge in [0.1, 0.15) is 5.54 Å². The molecule has 110 valence electrons.